The van der Waals surface area contributed by atoms with Gasteiger partial charge in [-0.25, -0.2) is 0 Å². The number of rotatable bonds is 3. The number of para-hydroxylation sites is 1. The highest BCUT2D eigenvalue weighted by molar-refractivity contribution is 7.99. The first-order chi connectivity index (χ1) is 26.3. The lowest BCUT2D eigenvalue weighted by molar-refractivity contribution is 0.664. The van der Waals surface area contributed by atoms with E-state index in [0.29, 0.717) is 0 Å². The summed E-state index contributed by atoms with van der Waals surface area (Å²) in [5.74, 6) is 0. The Bertz CT molecular complexity index is 3070. The highest BCUT2D eigenvalue weighted by Crippen LogP contribution is 2.63. The topological polar surface area (TPSA) is 16.4 Å². The van der Waals surface area contributed by atoms with Gasteiger partial charge in [0.15, 0.2) is 0 Å². The van der Waals surface area contributed by atoms with Crippen molar-refractivity contribution in [2.75, 3.05) is 4.90 Å². The van der Waals surface area contributed by atoms with E-state index in [1.807, 2.05) is 23.1 Å². The van der Waals surface area contributed by atoms with Crippen molar-refractivity contribution in [2.24, 2.45) is 0 Å². The van der Waals surface area contributed by atoms with Crippen LogP contribution in [0.15, 0.2) is 190 Å². The second-order valence-electron chi connectivity index (χ2n) is 14.0. The molecule has 4 heteroatoms. The minimum atomic E-state index is -0.451. The van der Waals surface area contributed by atoms with Crippen LogP contribution < -0.4 is 4.90 Å². The maximum absolute atomic E-state index is 6.96. The largest absolute Gasteiger partial charge is 0.456 e. The number of anilines is 3. The lowest BCUT2D eigenvalue weighted by Gasteiger charge is -2.39. The molecule has 0 radical (unpaired) electrons. The summed E-state index contributed by atoms with van der Waals surface area (Å²) in [6.07, 6.45) is 0. The quantitative estimate of drug-likeness (QED) is 0.182. The zero-order chi connectivity index (χ0) is 34.7. The minimum Gasteiger partial charge on any atom is -0.456 e. The van der Waals surface area contributed by atoms with Gasteiger partial charge in [-0.15, -0.1) is 11.3 Å². The molecule has 0 bridgehead atoms. The molecule has 1 aliphatic heterocycles. The molecule has 248 valence electrons. The standard InChI is InChI=1S/C49H29NOS2/c1-2-14-30(15-3-1)50(41-23-12-18-33-32-17-5-9-25-44(32)53-48(33)41)40-22-13-24-42-47(40)35-28-34-31-16-4-6-19-36(31)49(39(34)29-43(35)51-42)37-20-7-10-26-45(37)52-46-27-11-8-21-38(46)49/h1-29H. The molecule has 0 fully saturated rings. The number of benzene rings is 8. The molecule has 0 amide bonds. The van der Waals surface area contributed by atoms with Crippen molar-refractivity contribution >= 4 is 82.3 Å². The van der Waals surface area contributed by atoms with E-state index >= 15 is 0 Å². The molecule has 53 heavy (non-hydrogen) atoms. The molecule has 2 aliphatic rings. The summed E-state index contributed by atoms with van der Waals surface area (Å²) in [6, 6.07) is 64.5. The van der Waals surface area contributed by atoms with Crippen LogP contribution in [0.4, 0.5) is 17.1 Å². The van der Waals surface area contributed by atoms with Gasteiger partial charge >= 0.3 is 0 Å². The Hall–Kier alpha value is -6.07. The Balaban J connectivity index is 1.17. The van der Waals surface area contributed by atoms with Crippen molar-refractivity contribution in [3.05, 3.63) is 198 Å². The summed E-state index contributed by atoms with van der Waals surface area (Å²) in [4.78, 5) is 5.03. The highest BCUT2D eigenvalue weighted by atomic mass is 32.2. The Labute approximate surface area is 314 Å². The van der Waals surface area contributed by atoms with Crippen LogP contribution in [0.1, 0.15) is 22.3 Å². The SMILES string of the molecule is c1ccc(N(c2cccc3c2sc2ccccc23)c2cccc3oc4cc5c(cc4c23)-c2ccccc2C52c3ccccc3Sc3ccccc32)cc1. The van der Waals surface area contributed by atoms with Gasteiger partial charge < -0.3 is 9.32 Å². The monoisotopic (exact) mass is 711 g/mol. The first-order valence-corrected chi connectivity index (χ1v) is 19.6. The fraction of sp³-hybridized carbons (Fsp3) is 0.0204. The lowest BCUT2D eigenvalue weighted by Crippen LogP contribution is -2.31. The van der Waals surface area contributed by atoms with E-state index in [1.165, 1.54) is 63.3 Å². The van der Waals surface area contributed by atoms with Crippen LogP contribution in [0.25, 0.3) is 53.2 Å². The van der Waals surface area contributed by atoms with Crippen LogP contribution in [0, 0.1) is 0 Å². The maximum atomic E-state index is 6.96. The number of hydrogen-bond acceptors (Lipinski definition) is 4. The number of furan rings is 1. The van der Waals surface area contributed by atoms with E-state index in [9.17, 15) is 0 Å². The lowest BCUT2D eigenvalue weighted by atomic mass is 9.67. The van der Waals surface area contributed by atoms with Gasteiger partial charge in [-0.2, -0.15) is 0 Å². The van der Waals surface area contributed by atoms with Crippen molar-refractivity contribution in [3.8, 4) is 11.1 Å². The van der Waals surface area contributed by atoms with E-state index < -0.39 is 5.41 Å². The Morgan fingerprint density at radius 3 is 1.94 bits per heavy atom. The fourth-order valence-electron chi connectivity index (χ4n) is 9.23. The normalized spacial score (nSPS) is 13.7. The molecular weight excluding hydrogens is 683 g/mol. The number of fused-ring (bicyclic) bond motifs is 15. The molecule has 2 aromatic heterocycles. The van der Waals surface area contributed by atoms with Crippen molar-refractivity contribution in [2.45, 2.75) is 15.2 Å². The summed E-state index contributed by atoms with van der Waals surface area (Å²) in [7, 11) is 0. The van der Waals surface area contributed by atoms with E-state index in [0.717, 1.165) is 39.0 Å². The van der Waals surface area contributed by atoms with Crippen molar-refractivity contribution < 1.29 is 4.42 Å². The van der Waals surface area contributed by atoms with Gasteiger partial charge in [-0.1, -0.05) is 127 Å². The number of hydrogen-bond donors (Lipinski definition) is 0. The molecule has 8 aromatic carbocycles. The zero-order valence-corrected chi connectivity index (χ0v) is 30.0. The first kappa shape index (κ1) is 29.5. The maximum Gasteiger partial charge on any atom is 0.137 e. The van der Waals surface area contributed by atoms with Crippen LogP contribution in [0.5, 0.6) is 0 Å². The highest BCUT2D eigenvalue weighted by Gasteiger charge is 2.50. The van der Waals surface area contributed by atoms with Gasteiger partial charge in [-0.05, 0) is 94.0 Å². The summed E-state index contributed by atoms with van der Waals surface area (Å²) in [5, 5.41) is 4.81. The van der Waals surface area contributed by atoms with Gasteiger partial charge in [0.05, 0.1) is 26.9 Å². The van der Waals surface area contributed by atoms with Crippen molar-refractivity contribution in [1.82, 2.24) is 0 Å². The molecule has 10 aromatic rings. The number of thiophene rings is 1. The molecule has 0 unspecified atom stereocenters. The summed E-state index contributed by atoms with van der Waals surface area (Å²) in [6.45, 7) is 0. The Kier molecular flexibility index (Phi) is 6.11. The molecule has 3 heterocycles. The van der Waals surface area contributed by atoms with Crippen LogP contribution in [0.3, 0.4) is 0 Å². The van der Waals surface area contributed by atoms with Gasteiger partial charge in [0, 0.05) is 36.3 Å². The molecule has 0 saturated carbocycles. The minimum absolute atomic E-state index is 0.451. The Morgan fingerprint density at radius 2 is 1.11 bits per heavy atom. The van der Waals surface area contributed by atoms with E-state index in [4.69, 9.17) is 4.42 Å². The molecule has 1 spiro atoms. The third kappa shape index (κ3) is 3.94. The van der Waals surface area contributed by atoms with Crippen LogP contribution in [-0.2, 0) is 5.41 Å². The molecule has 0 saturated heterocycles. The average molecular weight is 712 g/mol. The van der Waals surface area contributed by atoms with E-state index in [2.05, 4.69) is 181 Å². The predicted molar refractivity (Wildman–Crippen MR) is 223 cm³/mol. The predicted octanol–water partition coefficient (Wildman–Crippen LogP) is 14.3. The molecule has 1 aliphatic carbocycles. The molecular formula is C49H29NOS2. The van der Waals surface area contributed by atoms with Gasteiger partial charge in [0.25, 0.3) is 0 Å². The van der Waals surface area contributed by atoms with Crippen LogP contribution in [-0.4, -0.2) is 0 Å². The summed E-state index contributed by atoms with van der Waals surface area (Å²) < 4.78 is 9.52. The summed E-state index contributed by atoms with van der Waals surface area (Å²) >= 11 is 3.73. The third-order valence-electron chi connectivity index (χ3n) is 11.3. The fourth-order valence-corrected chi connectivity index (χ4v) is 11.6. The van der Waals surface area contributed by atoms with E-state index in [-0.39, 0.29) is 0 Å². The first-order valence-electron chi connectivity index (χ1n) is 18.0. The second-order valence-corrected chi connectivity index (χ2v) is 16.1. The molecule has 0 atom stereocenters. The van der Waals surface area contributed by atoms with Crippen molar-refractivity contribution in [3.63, 3.8) is 0 Å². The zero-order valence-electron chi connectivity index (χ0n) is 28.4. The van der Waals surface area contributed by atoms with Gasteiger partial charge in [-0.3, -0.25) is 0 Å². The molecule has 0 N–H and O–H groups in total. The summed E-state index contributed by atoms with van der Waals surface area (Å²) in [5.41, 5.74) is 12.5. The smallest absolute Gasteiger partial charge is 0.137 e. The van der Waals surface area contributed by atoms with Crippen molar-refractivity contribution in [1.29, 1.82) is 0 Å². The number of nitrogens with zero attached hydrogens (tertiary/aromatic N) is 1. The third-order valence-corrected chi connectivity index (χ3v) is 13.7. The average Bonchev–Trinajstić information content (AvgIpc) is 3.87. The Morgan fingerprint density at radius 1 is 0.453 bits per heavy atom. The molecule has 2 nitrogen and oxygen atoms in total. The molecule has 12 rings (SSSR count). The second kappa shape index (κ2) is 11.0. The van der Waals surface area contributed by atoms with Crippen LogP contribution in [0.2, 0.25) is 0 Å². The van der Waals surface area contributed by atoms with Gasteiger partial charge in [0.2, 0.25) is 0 Å². The van der Waals surface area contributed by atoms with E-state index in [1.54, 1.807) is 0 Å². The van der Waals surface area contributed by atoms with Crippen LogP contribution >= 0.6 is 23.1 Å². The van der Waals surface area contributed by atoms with Gasteiger partial charge in [0.1, 0.15) is 11.2 Å².